The number of benzene rings is 1. The fourth-order valence-electron chi connectivity index (χ4n) is 1.22. The number of Topliss-reactive ketones (excluding diaryl/α,β-unsaturated/α-hetero) is 1. The molecule has 0 bridgehead atoms. The molecule has 18 heavy (non-hydrogen) atoms. The largest absolute Gasteiger partial charge is 0.697 e. The molecule has 5 heteroatoms. The van der Waals surface area contributed by atoms with Crippen molar-refractivity contribution in [1.82, 2.24) is 0 Å². The van der Waals surface area contributed by atoms with Gasteiger partial charge >= 0.3 is 8.25 Å². The molecular formula is C13H20O4P+. The van der Waals surface area contributed by atoms with E-state index in [9.17, 15) is 9.36 Å². The molecule has 0 N–H and O–H groups in total. The molecule has 1 aromatic carbocycles. The summed E-state index contributed by atoms with van der Waals surface area (Å²) in [7, 11) is -1.83. The molecule has 4 nitrogen and oxygen atoms in total. The topological polar surface area (TPSA) is 52.6 Å². The van der Waals surface area contributed by atoms with Crippen molar-refractivity contribution in [3.8, 4) is 0 Å². The molecular weight excluding hydrogens is 251 g/mol. The maximum absolute atomic E-state index is 10.9. The van der Waals surface area contributed by atoms with Crippen LogP contribution in [-0.2, 0) is 13.6 Å². The van der Waals surface area contributed by atoms with Crippen LogP contribution in [0.5, 0.6) is 0 Å². The van der Waals surface area contributed by atoms with E-state index < -0.39 is 8.25 Å². The van der Waals surface area contributed by atoms with E-state index in [4.69, 9.17) is 0 Å². The minimum atomic E-state index is -1.83. The van der Waals surface area contributed by atoms with Gasteiger partial charge in [-0.15, -0.1) is 9.05 Å². The van der Waals surface area contributed by atoms with Crippen molar-refractivity contribution >= 4 is 14.0 Å². The molecule has 0 aliphatic heterocycles. The number of hydrogen-bond donors (Lipinski definition) is 0. The zero-order chi connectivity index (χ0) is 14.0. The molecule has 0 saturated heterocycles. The highest BCUT2D eigenvalue weighted by Gasteiger charge is 2.15. The van der Waals surface area contributed by atoms with Crippen molar-refractivity contribution in [2.75, 3.05) is 13.2 Å². The van der Waals surface area contributed by atoms with Gasteiger partial charge in [0, 0.05) is 10.1 Å². The second kappa shape index (κ2) is 9.89. The Bertz CT molecular complexity index is 382. The number of rotatable bonds is 5. The Hall–Kier alpha value is -1.09. The maximum atomic E-state index is 10.9. The smallest absolute Gasteiger partial charge is 0.295 e. The average molecular weight is 271 g/mol. The Morgan fingerprint density at radius 2 is 1.67 bits per heavy atom. The van der Waals surface area contributed by atoms with Gasteiger partial charge in [0.15, 0.2) is 5.78 Å². The van der Waals surface area contributed by atoms with E-state index in [1.165, 1.54) is 0 Å². The van der Waals surface area contributed by atoms with Crippen LogP contribution in [0.3, 0.4) is 0 Å². The van der Waals surface area contributed by atoms with E-state index in [2.05, 4.69) is 9.05 Å². The van der Waals surface area contributed by atoms with Crippen molar-refractivity contribution in [3.05, 3.63) is 35.4 Å². The second-order valence-electron chi connectivity index (χ2n) is 3.43. The van der Waals surface area contributed by atoms with Crippen LogP contribution < -0.4 is 0 Å². The van der Waals surface area contributed by atoms with Crippen LogP contribution in [0.4, 0.5) is 0 Å². The van der Waals surface area contributed by atoms with Crippen LogP contribution in [0.25, 0.3) is 0 Å². The fraction of sp³-hybridized carbons (Fsp3) is 0.462. The molecule has 0 aliphatic carbocycles. The number of carbonyl (C=O) groups is 1. The summed E-state index contributed by atoms with van der Waals surface area (Å²) in [5.41, 5.74) is 1.87. The standard InChI is InChI=1S/C9H10O.C4H10O3P/c1-7-5-3-4-6-9(7)8(2)10;1-3-6-8(5)7-4-2/h3-6H,1-2H3;3-4H2,1-2H3/q;+1. The van der Waals surface area contributed by atoms with Crippen molar-refractivity contribution in [2.45, 2.75) is 27.7 Å². The molecule has 1 rings (SSSR count). The Labute approximate surface area is 109 Å². The summed E-state index contributed by atoms with van der Waals surface area (Å²) in [5, 5.41) is 0. The SMILES string of the molecule is CC(=O)c1ccccc1C.CCO[P+](=O)OCC. The number of aryl methyl sites for hydroxylation is 1. The summed E-state index contributed by atoms with van der Waals surface area (Å²) in [6.07, 6.45) is 0. The molecule has 0 atom stereocenters. The van der Waals surface area contributed by atoms with E-state index in [0.29, 0.717) is 13.2 Å². The van der Waals surface area contributed by atoms with Crippen molar-refractivity contribution in [3.63, 3.8) is 0 Å². The van der Waals surface area contributed by atoms with Gasteiger partial charge in [-0.05, 0) is 33.3 Å². The van der Waals surface area contributed by atoms with Crippen molar-refractivity contribution in [2.24, 2.45) is 0 Å². The second-order valence-corrected chi connectivity index (χ2v) is 4.39. The number of hydrogen-bond acceptors (Lipinski definition) is 4. The van der Waals surface area contributed by atoms with Gasteiger partial charge in [0.1, 0.15) is 13.2 Å². The lowest BCUT2D eigenvalue weighted by molar-refractivity contribution is 0.101. The van der Waals surface area contributed by atoms with Gasteiger partial charge in [0.05, 0.1) is 0 Å². The highest BCUT2D eigenvalue weighted by Crippen LogP contribution is 2.21. The molecule has 0 fully saturated rings. The summed E-state index contributed by atoms with van der Waals surface area (Å²) < 4.78 is 19.5. The van der Waals surface area contributed by atoms with Gasteiger partial charge in [-0.3, -0.25) is 4.79 Å². The van der Waals surface area contributed by atoms with Crippen molar-refractivity contribution in [1.29, 1.82) is 0 Å². The number of carbonyl (C=O) groups excluding carboxylic acids is 1. The highest BCUT2D eigenvalue weighted by atomic mass is 31.1. The molecule has 0 unspecified atom stereocenters. The van der Waals surface area contributed by atoms with Crippen LogP contribution in [0, 0.1) is 6.92 Å². The predicted molar refractivity (Wildman–Crippen MR) is 72.0 cm³/mol. The van der Waals surface area contributed by atoms with Gasteiger partial charge < -0.3 is 0 Å². The minimum absolute atomic E-state index is 0.137. The molecule has 0 saturated carbocycles. The summed E-state index contributed by atoms with van der Waals surface area (Å²) in [4.78, 5) is 10.9. The summed E-state index contributed by atoms with van der Waals surface area (Å²) >= 11 is 0. The lowest BCUT2D eigenvalue weighted by atomic mass is 10.1. The Morgan fingerprint density at radius 1 is 1.17 bits per heavy atom. The van der Waals surface area contributed by atoms with E-state index in [1.54, 1.807) is 20.8 Å². The Morgan fingerprint density at radius 3 is 2.00 bits per heavy atom. The van der Waals surface area contributed by atoms with Crippen LogP contribution in [0.1, 0.15) is 36.7 Å². The van der Waals surface area contributed by atoms with Crippen molar-refractivity contribution < 1.29 is 18.4 Å². The van der Waals surface area contributed by atoms with Gasteiger partial charge in [-0.1, -0.05) is 24.3 Å². The molecule has 0 heterocycles. The first-order valence-electron chi connectivity index (χ1n) is 5.82. The van der Waals surface area contributed by atoms with Gasteiger partial charge in [-0.2, -0.15) is 0 Å². The Kier molecular flexibility index (Phi) is 9.29. The monoisotopic (exact) mass is 271 g/mol. The summed E-state index contributed by atoms with van der Waals surface area (Å²) in [5.74, 6) is 0.137. The van der Waals surface area contributed by atoms with Gasteiger partial charge in [0.2, 0.25) is 0 Å². The third-order valence-electron chi connectivity index (χ3n) is 1.99. The maximum Gasteiger partial charge on any atom is 0.697 e. The zero-order valence-corrected chi connectivity index (χ0v) is 12.2. The van der Waals surface area contributed by atoms with Crippen LogP contribution >= 0.6 is 8.25 Å². The average Bonchev–Trinajstić information content (AvgIpc) is 2.30. The summed E-state index contributed by atoms with van der Waals surface area (Å²) in [6.45, 7) is 7.95. The molecule has 0 radical (unpaired) electrons. The molecule has 0 amide bonds. The van der Waals surface area contributed by atoms with Crippen LogP contribution in [-0.4, -0.2) is 19.0 Å². The first kappa shape index (κ1) is 16.9. The van der Waals surface area contributed by atoms with Gasteiger partial charge in [-0.25, -0.2) is 0 Å². The normalized spacial score (nSPS) is 9.33. The van der Waals surface area contributed by atoms with E-state index in [0.717, 1.165) is 11.1 Å². The molecule has 0 aromatic heterocycles. The third kappa shape index (κ3) is 7.28. The van der Waals surface area contributed by atoms with E-state index in [-0.39, 0.29) is 5.78 Å². The molecule has 1 aromatic rings. The lowest BCUT2D eigenvalue weighted by Crippen LogP contribution is -1.93. The lowest BCUT2D eigenvalue weighted by Gasteiger charge is -1.97. The van der Waals surface area contributed by atoms with Gasteiger partial charge in [0.25, 0.3) is 0 Å². The first-order valence-corrected chi connectivity index (χ1v) is 6.92. The highest BCUT2D eigenvalue weighted by molar-refractivity contribution is 7.33. The molecule has 0 spiro atoms. The van der Waals surface area contributed by atoms with E-state index in [1.807, 2.05) is 31.2 Å². The Balaban J connectivity index is 0.000000331. The predicted octanol–water partition coefficient (Wildman–Crippen LogP) is 3.91. The number of ketones is 1. The minimum Gasteiger partial charge on any atom is -0.295 e. The first-order chi connectivity index (χ1) is 8.52. The molecule has 0 aliphatic rings. The van der Waals surface area contributed by atoms with Crippen LogP contribution in [0.2, 0.25) is 0 Å². The summed E-state index contributed by atoms with van der Waals surface area (Å²) in [6, 6.07) is 7.60. The third-order valence-corrected chi connectivity index (χ3v) is 2.93. The molecule has 100 valence electrons. The fourth-order valence-corrected chi connectivity index (χ4v) is 1.71. The zero-order valence-electron chi connectivity index (χ0n) is 11.3. The van der Waals surface area contributed by atoms with E-state index >= 15 is 0 Å². The van der Waals surface area contributed by atoms with Crippen LogP contribution in [0.15, 0.2) is 24.3 Å². The quantitative estimate of drug-likeness (QED) is 0.601.